The lowest BCUT2D eigenvalue weighted by Crippen LogP contribution is -2.30. The third-order valence-electron chi connectivity index (χ3n) is 4.75. The van der Waals surface area contributed by atoms with Crippen LogP contribution in [0.2, 0.25) is 0 Å². The zero-order valence-electron chi connectivity index (χ0n) is 15.5. The molecule has 1 heteroatoms. The van der Waals surface area contributed by atoms with Crippen molar-refractivity contribution in [2.45, 2.75) is 58.9 Å². The Labute approximate surface area is 142 Å². The van der Waals surface area contributed by atoms with E-state index >= 15 is 0 Å². The molecule has 0 fully saturated rings. The molecule has 0 saturated heterocycles. The SMILES string of the molecule is CNC(Cc1ccccc1)Cc1c(C)cc(C(C)(C)C)cc1C. The van der Waals surface area contributed by atoms with Crippen LogP contribution in [0.1, 0.15) is 48.6 Å². The van der Waals surface area contributed by atoms with Crippen LogP contribution in [0.3, 0.4) is 0 Å². The summed E-state index contributed by atoms with van der Waals surface area (Å²) < 4.78 is 0. The van der Waals surface area contributed by atoms with E-state index in [0.717, 1.165) is 12.8 Å². The van der Waals surface area contributed by atoms with E-state index in [1.807, 2.05) is 0 Å². The highest BCUT2D eigenvalue weighted by molar-refractivity contribution is 5.41. The number of nitrogens with one attached hydrogen (secondary N) is 1. The summed E-state index contributed by atoms with van der Waals surface area (Å²) in [6, 6.07) is 16.0. The lowest BCUT2D eigenvalue weighted by Gasteiger charge is -2.24. The maximum absolute atomic E-state index is 3.50. The molecule has 0 aliphatic carbocycles. The first-order chi connectivity index (χ1) is 10.8. The van der Waals surface area contributed by atoms with Gasteiger partial charge in [0.05, 0.1) is 0 Å². The van der Waals surface area contributed by atoms with Gasteiger partial charge in [0.15, 0.2) is 0 Å². The summed E-state index contributed by atoms with van der Waals surface area (Å²) in [5.74, 6) is 0. The molecule has 0 amide bonds. The Bertz CT molecular complexity index is 612. The predicted octanol–water partition coefficient (Wildman–Crippen LogP) is 4.97. The maximum Gasteiger partial charge on any atom is 0.0145 e. The molecule has 1 unspecified atom stereocenters. The third kappa shape index (κ3) is 4.68. The fraction of sp³-hybridized carbons (Fsp3) is 0.455. The Kier molecular flexibility index (Phi) is 5.64. The second-order valence-corrected chi connectivity index (χ2v) is 7.72. The molecule has 0 saturated carbocycles. The van der Waals surface area contributed by atoms with Crippen molar-refractivity contribution in [1.82, 2.24) is 5.32 Å². The van der Waals surface area contributed by atoms with Gasteiger partial charge in [-0.2, -0.15) is 0 Å². The fourth-order valence-corrected chi connectivity index (χ4v) is 3.17. The zero-order chi connectivity index (χ0) is 17.0. The van der Waals surface area contributed by atoms with E-state index < -0.39 is 0 Å². The first-order valence-electron chi connectivity index (χ1n) is 8.63. The van der Waals surface area contributed by atoms with Gasteiger partial charge in [0.1, 0.15) is 0 Å². The van der Waals surface area contributed by atoms with Crippen molar-refractivity contribution in [3.63, 3.8) is 0 Å². The number of hydrogen-bond donors (Lipinski definition) is 1. The minimum Gasteiger partial charge on any atom is -0.316 e. The highest BCUT2D eigenvalue weighted by Gasteiger charge is 2.18. The quantitative estimate of drug-likeness (QED) is 0.822. The van der Waals surface area contributed by atoms with Crippen molar-refractivity contribution in [3.8, 4) is 0 Å². The Morgan fingerprint density at radius 3 is 1.96 bits per heavy atom. The van der Waals surface area contributed by atoms with E-state index in [1.54, 1.807) is 0 Å². The first-order valence-corrected chi connectivity index (χ1v) is 8.63. The van der Waals surface area contributed by atoms with Crippen LogP contribution in [0.4, 0.5) is 0 Å². The van der Waals surface area contributed by atoms with Gasteiger partial charge >= 0.3 is 0 Å². The fourth-order valence-electron chi connectivity index (χ4n) is 3.17. The van der Waals surface area contributed by atoms with Crippen molar-refractivity contribution < 1.29 is 0 Å². The van der Waals surface area contributed by atoms with E-state index in [9.17, 15) is 0 Å². The largest absolute Gasteiger partial charge is 0.316 e. The standard InChI is InChI=1S/C22H31N/c1-16-12-19(22(3,4)5)13-17(2)21(16)15-20(23-6)14-18-10-8-7-9-11-18/h7-13,20,23H,14-15H2,1-6H3. The molecule has 0 bridgehead atoms. The second-order valence-electron chi connectivity index (χ2n) is 7.72. The molecular weight excluding hydrogens is 278 g/mol. The van der Waals surface area contributed by atoms with Crippen molar-refractivity contribution in [2.24, 2.45) is 0 Å². The Morgan fingerprint density at radius 1 is 0.913 bits per heavy atom. The van der Waals surface area contributed by atoms with Gasteiger partial charge in [-0.05, 0) is 67.0 Å². The van der Waals surface area contributed by atoms with Gasteiger partial charge < -0.3 is 5.32 Å². The van der Waals surface area contributed by atoms with Crippen LogP contribution in [0.15, 0.2) is 42.5 Å². The Morgan fingerprint density at radius 2 is 1.48 bits per heavy atom. The molecule has 1 atom stereocenters. The predicted molar refractivity (Wildman–Crippen MR) is 101 cm³/mol. The van der Waals surface area contributed by atoms with Crippen molar-refractivity contribution in [2.75, 3.05) is 7.05 Å². The molecule has 23 heavy (non-hydrogen) atoms. The number of benzene rings is 2. The molecule has 0 heterocycles. The molecule has 0 aromatic heterocycles. The average Bonchev–Trinajstić information content (AvgIpc) is 2.49. The van der Waals surface area contributed by atoms with Gasteiger partial charge in [-0.15, -0.1) is 0 Å². The molecule has 124 valence electrons. The summed E-state index contributed by atoms with van der Waals surface area (Å²) in [5, 5.41) is 3.50. The Hall–Kier alpha value is -1.60. The van der Waals surface area contributed by atoms with Crippen molar-refractivity contribution in [1.29, 1.82) is 0 Å². The highest BCUT2D eigenvalue weighted by Crippen LogP contribution is 2.27. The molecule has 1 nitrogen and oxygen atoms in total. The lowest BCUT2D eigenvalue weighted by molar-refractivity contribution is 0.552. The molecule has 1 N–H and O–H groups in total. The third-order valence-corrected chi connectivity index (χ3v) is 4.75. The minimum atomic E-state index is 0.209. The van der Waals surface area contributed by atoms with Gasteiger partial charge in [-0.1, -0.05) is 63.2 Å². The van der Waals surface area contributed by atoms with Gasteiger partial charge in [0.25, 0.3) is 0 Å². The van der Waals surface area contributed by atoms with Crippen LogP contribution in [0.5, 0.6) is 0 Å². The molecule has 0 spiro atoms. The number of rotatable bonds is 5. The average molecular weight is 309 g/mol. The summed E-state index contributed by atoms with van der Waals surface area (Å²) in [6.07, 6.45) is 2.14. The Balaban J connectivity index is 2.21. The minimum absolute atomic E-state index is 0.209. The van der Waals surface area contributed by atoms with E-state index in [4.69, 9.17) is 0 Å². The first kappa shape index (κ1) is 17.7. The number of aryl methyl sites for hydroxylation is 2. The number of hydrogen-bond acceptors (Lipinski definition) is 1. The summed E-state index contributed by atoms with van der Waals surface area (Å²) in [7, 11) is 2.07. The van der Waals surface area contributed by atoms with Gasteiger partial charge in [-0.3, -0.25) is 0 Å². The monoisotopic (exact) mass is 309 g/mol. The van der Waals surface area contributed by atoms with Crippen LogP contribution in [-0.2, 0) is 18.3 Å². The van der Waals surface area contributed by atoms with Crippen LogP contribution in [0, 0.1) is 13.8 Å². The normalized spacial score (nSPS) is 13.1. The summed E-state index contributed by atoms with van der Waals surface area (Å²) in [5.41, 5.74) is 7.37. The van der Waals surface area contributed by atoms with Crippen LogP contribution >= 0.6 is 0 Å². The molecule has 2 rings (SSSR count). The van der Waals surface area contributed by atoms with Gasteiger partial charge in [0, 0.05) is 6.04 Å². The molecule has 0 radical (unpaired) electrons. The topological polar surface area (TPSA) is 12.0 Å². The van der Waals surface area contributed by atoms with Gasteiger partial charge in [0.2, 0.25) is 0 Å². The summed E-state index contributed by atoms with van der Waals surface area (Å²) >= 11 is 0. The summed E-state index contributed by atoms with van der Waals surface area (Å²) in [6.45, 7) is 11.4. The highest BCUT2D eigenvalue weighted by atomic mass is 14.9. The molecule has 0 aliphatic heterocycles. The smallest absolute Gasteiger partial charge is 0.0145 e. The molecule has 0 aliphatic rings. The lowest BCUT2D eigenvalue weighted by atomic mass is 9.82. The number of likely N-dealkylation sites (N-methyl/N-ethyl adjacent to an activating group) is 1. The second kappa shape index (κ2) is 7.31. The van der Waals surface area contributed by atoms with Crippen LogP contribution < -0.4 is 5.32 Å². The van der Waals surface area contributed by atoms with Crippen molar-refractivity contribution in [3.05, 3.63) is 70.3 Å². The van der Waals surface area contributed by atoms with Gasteiger partial charge in [-0.25, -0.2) is 0 Å². The molecule has 2 aromatic rings. The van der Waals surface area contributed by atoms with Crippen molar-refractivity contribution >= 4 is 0 Å². The summed E-state index contributed by atoms with van der Waals surface area (Å²) in [4.78, 5) is 0. The van der Waals surface area contributed by atoms with E-state index in [-0.39, 0.29) is 5.41 Å². The zero-order valence-corrected chi connectivity index (χ0v) is 15.5. The van der Waals surface area contributed by atoms with E-state index in [0.29, 0.717) is 6.04 Å². The van der Waals surface area contributed by atoms with Crippen LogP contribution in [0.25, 0.3) is 0 Å². The van der Waals surface area contributed by atoms with E-state index in [2.05, 4.69) is 89.4 Å². The van der Waals surface area contributed by atoms with Crippen LogP contribution in [-0.4, -0.2) is 13.1 Å². The maximum atomic E-state index is 3.50. The molecule has 2 aromatic carbocycles. The molecular formula is C22H31N. The van der Waals surface area contributed by atoms with E-state index in [1.165, 1.54) is 27.8 Å².